The van der Waals surface area contributed by atoms with Crippen LogP contribution in [0.1, 0.15) is 18.4 Å². The van der Waals surface area contributed by atoms with Gasteiger partial charge in [-0.05, 0) is 18.9 Å². The van der Waals surface area contributed by atoms with Crippen LogP contribution in [-0.4, -0.2) is 27.6 Å². The number of carbonyl (C=O) groups is 1. The standard InChI is InChI=1S/C15H14F2N2O2S/c16-11-4-3-10(12(17)8-11)9-19-6-1-2-13(14(19)20)22-15-18-5-7-21-15/h3-5,7-8,13H,1-2,6,9H2. The summed E-state index contributed by atoms with van der Waals surface area (Å²) in [4.78, 5) is 18.1. The molecule has 3 rings (SSSR count). The second-order valence-electron chi connectivity index (χ2n) is 5.04. The Morgan fingerprint density at radius 3 is 3.00 bits per heavy atom. The quantitative estimate of drug-likeness (QED) is 0.866. The number of piperidine rings is 1. The second kappa shape index (κ2) is 6.48. The number of likely N-dealkylation sites (tertiary alicyclic amines) is 1. The molecule has 0 bridgehead atoms. The molecule has 1 saturated heterocycles. The zero-order valence-electron chi connectivity index (χ0n) is 11.7. The van der Waals surface area contributed by atoms with Crippen LogP contribution in [0.25, 0.3) is 0 Å². The van der Waals surface area contributed by atoms with Gasteiger partial charge < -0.3 is 9.32 Å². The molecule has 1 aromatic carbocycles. The minimum Gasteiger partial charge on any atom is -0.440 e. The van der Waals surface area contributed by atoms with Gasteiger partial charge in [-0.1, -0.05) is 17.8 Å². The van der Waals surface area contributed by atoms with E-state index in [1.165, 1.54) is 36.4 Å². The molecule has 1 aliphatic rings. The smallest absolute Gasteiger partial charge is 0.256 e. The topological polar surface area (TPSA) is 46.3 Å². The highest BCUT2D eigenvalue weighted by Crippen LogP contribution is 2.30. The molecule has 0 aliphatic carbocycles. The molecule has 1 amide bonds. The molecule has 0 N–H and O–H groups in total. The van der Waals surface area contributed by atoms with E-state index < -0.39 is 11.6 Å². The van der Waals surface area contributed by atoms with Crippen molar-refractivity contribution in [1.29, 1.82) is 0 Å². The molecule has 2 heterocycles. The third-order valence-corrected chi connectivity index (χ3v) is 4.64. The lowest BCUT2D eigenvalue weighted by molar-refractivity contribution is -0.133. The molecule has 2 aromatic rings. The van der Waals surface area contributed by atoms with Crippen molar-refractivity contribution < 1.29 is 18.0 Å². The fourth-order valence-electron chi connectivity index (χ4n) is 2.42. The van der Waals surface area contributed by atoms with E-state index in [1.807, 2.05) is 0 Å². The fourth-order valence-corrected chi connectivity index (χ4v) is 3.43. The summed E-state index contributed by atoms with van der Waals surface area (Å²) in [6, 6.07) is 3.41. The van der Waals surface area contributed by atoms with E-state index in [9.17, 15) is 13.6 Å². The summed E-state index contributed by atoms with van der Waals surface area (Å²) < 4.78 is 31.8. The zero-order chi connectivity index (χ0) is 15.5. The molecule has 1 unspecified atom stereocenters. The predicted molar refractivity (Wildman–Crippen MR) is 77.2 cm³/mol. The van der Waals surface area contributed by atoms with Crippen LogP contribution >= 0.6 is 11.8 Å². The number of hydrogen-bond donors (Lipinski definition) is 0. The lowest BCUT2D eigenvalue weighted by Crippen LogP contribution is -2.42. The Morgan fingerprint density at radius 1 is 1.41 bits per heavy atom. The number of aromatic nitrogens is 1. The summed E-state index contributed by atoms with van der Waals surface area (Å²) in [6.45, 7) is 0.714. The molecule has 7 heteroatoms. The van der Waals surface area contributed by atoms with Crippen LogP contribution in [0.2, 0.25) is 0 Å². The molecule has 1 atom stereocenters. The van der Waals surface area contributed by atoms with Crippen molar-refractivity contribution in [3.8, 4) is 0 Å². The maximum atomic E-state index is 13.7. The minimum absolute atomic E-state index is 0.0711. The monoisotopic (exact) mass is 324 g/mol. The van der Waals surface area contributed by atoms with E-state index in [2.05, 4.69) is 4.98 Å². The lowest BCUT2D eigenvalue weighted by Gasteiger charge is -2.31. The summed E-state index contributed by atoms with van der Waals surface area (Å²) >= 11 is 1.28. The Hall–Kier alpha value is -1.89. The molecule has 0 spiro atoms. The van der Waals surface area contributed by atoms with Crippen LogP contribution in [0.3, 0.4) is 0 Å². The number of halogens is 2. The SMILES string of the molecule is O=C1C(Sc2ncco2)CCCN1Cc1ccc(F)cc1F. The van der Waals surface area contributed by atoms with Crippen molar-refractivity contribution in [2.45, 2.75) is 29.9 Å². The van der Waals surface area contributed by atoms with Gasteiger partial charge in [0.2, 0.25) is 5.91 Å². The Kier molecular flexibility index (Phi) is 4.42. The van der Waals surface area contributed by atoms with Crippen molar-refractivity contribution in [1.82, 2.24) is 9.88 Å². The van der Waals surface area contributed by atoms with Gasteiger partial charge in [-0.2, -0.15) is 0 Å². The molecule has 22 heavy (non-hydrogen) atoms. The number of oxazole rings is 1. The number of rotatable bonds is 4. The summed E-state index contributed by atoms with van der Waals surface area (Å²) in [5.41, 5.74) is 0.316. The third kappa shape index (κ3) is 3.30. The van der Waals surface area contributed by atoms with E-state index in [1.54, 1.807) is 4.90 Å². The first-order valence-corrected chi connectivity index (χ1v) is 7.80. The molecule has 116 valence electrons. The van der Waals surface area contributed by atoms with E-state index in [0.29, 0.717) is 17.3 Å². The Labute approximate surface area is 130 Å². The Balaban J connectivity index is 1.69. The summed E-state index contributed by atoms with van der Waals surface area (Å²) in [5, 5.41) is 0.170. The zero-order valence-corrected chi connectivity index (χ0v) is 12.5. The van der Waals surface area contributed by atoms with Gasteiger partial charge in [0.05, 0.1) is 11.4 Å². The molecular weight excluding hydrogens is 310 g/mol. The first kappa shape index (κ1) is 15.0. The first-order chi connectivity index (χ1) is 10.6. The highest BCUT2D eigenvalue weighted by Gasteiger charge is 2.31. The van der Waals surface area contributed by atoms with Crippen molar-refractivity contribution >= 4 is 17.7 Å². The largest absolute Gasteiger partial charge is 0.440 e. The van der Waals surface area contributed by atoms with Gasteiger partial charge in [0.25, 0.3) is 5.22 Å². The van der Waals surface area contributed by atoms with E-state index >= 15 is 0 Å². The summed E-state index contributed by atoms with van der Waals surface area (Å²) in [5.74, 6) is -1.32. The molecule has 1 fully saturated rings. The van der Waals surface area contributed by atoms with Gasteiger partial charge in [0, 0.05) is 24.7 Å². The van der Waals surface area contributed by atoms with Gasteiger partial charge in [0.15, 0.2) is 0 Å². The average molecular weight is 324 g/mol. The summed E-state index contributed by atoms with van der Waals surface area (Å²) in [7, 11) is 0. The lowest BCUT2D eigenvalue weighted by atomic mass is 10.1. The van der Waals surface area contributed by atoms with Crippen LogP contribution in [0.4, 0.5) is 8.78 Å². The normalized spacial score (nSPS) is 18.7. The van der Waals surface area contributed by atoms with Crippen LogP contribution in [0, 0.1) is 11.6 Å². The van der Waals surface area contributed by atoms with Crippen molar-refractivity contribution in [3.05, 3.63) is 47.9 Å². The van der Waals surface area contributed by atoms with Gasteiger partial charge in [-0.15, -0.1) is 0 Å². The van der Waals surface area contributed by atoms with Crippen LogP contribution in [0.5, 0.6) is 0 Å². The van der Waals surface area contributed by atoms with E-state index in [0.717, 1.165) is 18.9 Å². The van der Waals surface area contributed by atoms with Crippen molar-refractivity contribution in [3.63, 3.8) is 0 Å². The number of benzene rings is 1. The highest BCUT2D eigenvalue weighted by molar-refractivity contribution is 8.00. The van der Waals surface area contributed by atoms with Gasteiger partial charge in [-0.25, -0.2) is 13.8 Å². The highest BCUT2D eigenvalue weighted by atomic mass is 32.2. The maximum absolute atomic E-state index is 13.7. The number of carbonyl (C=O) groups excluding carboxylic acids is 1. The second-order valence-corrected chi connectivity index (χ2v) is 6.20. The minimum atomic E-state index is -0.629. The molecule has 4 nitrogen and oxygen atoms in total. The third-order valence-electron chi connectivity index (χ3n) is 3.51. The Morgan fingerprint density at radius 2 is 2.27 bits per heavy atom. The molecule has 1 aromatic heterocycles. The van der Waals surface area contributed by atoms with Gasteiger partial charge in [-0.3, -0.25) is 4.79 Å². The van der Waals surface area contributed by atoms with Crippen molar-refractivity contribution in [2.24, 2.45) is 0 Å². The number of amides is 1. The van der Waals surface area contributed by atoms with E-state index in [4.69, 9.17) is 4.42 Å². The number of thioether (sulfide) groups is 1. The van der Waals surface area contributed by atoms with Gasteiger partial charge >= 0.3 is 0 Å². The van der Waals surface area contributed by atoms with Crippen molar-refractivity contribution in [2.75, 3.05) is 6.54 Å². The predicted octanol–water partition coefficient (Wildman–Crippen LogP) is 3.24. The average Bonchev–Trinajstić information content (AvgIpc) is 2.99. The van der Waals surface area contributed by atoms with Crippen LogP contribution in [-0.2, 0) is 11.3 Å². The molecule has 0 radical (unpaired) electrons. The number of hydrogen-bond acceptors (Lipinski definition) is 4. The number of nitrogens with zero attached hydrogens (tertiary/aromatic N) is 2. The molecular formula is C15H14F2N2O2S. The maximum Gasteiger partial charge on any atom is 0.256 e. The summed E-state index contributed by atoms with van der Waals surface area (Å²) in [6.07, 6.45) is 4.55. The van der Waals surface area contributed by atoms with Crippen LogP contribution in [0.15, 0.2) is 40.3 Å². The molecule has 0 saturated carbocycles. The Bertz CT molecular complexity index is 664. The molecule has 1 aliphatic heterocycles. The van der Waals surface area contributed by atoms with Crippen LogP contribution < -0.4 is 0 Å². The fraction of sp³-hybridized carbons (Fsp3) is 0.333. The van der Waals surface area contributed by atoms with E-state index in [-0.39, 0.29) is 17.7 Å². The first-order valence-electron chi connectivity index (χ1n) is 6.92. The van der Waals surface area contributed by atoms with Gasteiger partial charge in [0.1, 0.15) is 17.9 Å².